The zero-order valence-electron chi connectivity index (χ0n) is 19.9. The number of para-hydroxylation sites is 1. The third-order valence-corrected chi connectivity index (χ3v) is 5.85. The molecule has 1 saturated heterocycles. The van der Waals surface area contributed by atoms with Crippen LogP contribution in [0.1, 0.15) is 52.9 Å². The molecular weight excluding hydrogens is 406 g/mol. The standard InChI is InChI=1S/C25H39N3O4/c1-19(2)12-8-5-6-11-15-23(29)27-17-21-16-25(31-4,20(3)26)28(18-21)24(30)32-22-13-9-7-10-14-22/h7-10,12-14,19-21H,5-6,11,15-18,26H2,1-4H3,(H,27,29). The van der Waals surface area contributed by atoms with Crippen LogP contribution in [0.5, 0.6) is 5.75 Å². The number of nitrogens with one attached hydrogen (secondary N) is 1. The molecular formula is C25H39N3O4. The van der Waals surface area contributed by atoms with Crippen LogP contribution >= 0.6 is 0 Å². The summed E-state index contributed by atoms with van der Waals surface area (Å²) >= 11 is 0. The maximum atomic E-state index is 12.9. The molecule has 178 valence electrons. The first-order chi connectivity index (χ1) is 15.3. The summed E-state index contributed by atoms with van der Waals surface area (Å²) in [6.07, 6.45) is 7.76. The van der Waals surface area contributed by atoms with E-state index in [0.717, 1.165) is 19.3 Å². The van der Waals surface area contributed by atoms with Gasteiger partial charge >= 0.3 is 6.09 Å². The van der Waals surface area contributed by atoms with Gasteiger partial charge in [-0.05, 0) is 50.2 Å². The molecule has 3 N–H and O–H groups in total. The van der Waals surface area contributed by atoms with Crippen LogP contribution in [0.15, 0.2) is 42.5 Å². The lowest BCUT2D eigenvalue weighted by Crippen LogP contribution is -2.59. The molecule has 0 saturated carbocycles. The lowest BCUT2D eigenvalue weighted by Gasteiger charge is -2.39. The number of hydrogen-bond acceptors (Lipinski definition) is 5. The van der Waals surface area contributed by atoms with Crippen LogP contribution in [0.4, 0.5) is 4.79 Å². The first-order valence-electron chi connectivity index (χ1n) is 11.6. The Morgan fingerprint density at radius 2 is 1.97 bits per heavy atom. The number of likely N-dealkylation sites (tertiary alicyclic amines) is 1. The number of ether oxygens (including phenoxy) is 2. The fraction of sp³-hybridized carbons (Fsp3) is 0.600. The molecule has 3 unspecified atom stereocenters. The van der Waals surface area contributed by atoms with Crippen molar-refractivity contribution in [3.8, 4) is 5.75 Å². The molecule has 0 spiro atoms. The predicted molar refractivity (Wildman–Crippen MR) is 126 cm³/mol. The number of rotatable bonds is 11. The van der Waals surface area contributed by atoms with Crippen molar-refractivity contribution in [2.45, 2.75) is 64.6 Å². The number of benzene rings is 1. The van der Waals surface area contributed by atoms with E-state index in [2.05, 4.69) is 31.3 Å². The van der Waals surface area contributed by atoms with Crippen molar-refractivity contribution in [3.05, 3.63) is 42.5 Å². The maximum absolute atomic E-state index is 12.9. The monoisotopic (exact) mass is 445 g/mol. The lowest BCUT2D eigenvalue weighted by atomic mass is 9.97. The van der Waals surface area contributed by atoms with E-state index < -0.39 is 17.9 Å². The van der Waals surface area contributed by atoms with E-state index in [1.54, 1.807) is 36.3 Å². The molecule has 2 rings (SSSR count). The molecule has 1 heterocycles. The highest BCUT2D eigenvalue weighted by molar-refractivity contribution is 5.76. The van der Waals surface area contributed by atoms with Crippen LogP contribution < -0.4 is 15.8 Å². The van der Waals surface area contributed by atoms with E-state index in [1.165, 1.54) is 0 Å². The number of methoxy groups -OCH3 is 1. The van der Waals surface area contributed by atoms with E-state index in [-0.39, 0.29) is 11.8 Å². The van der Waals surface area contributed by atoms with Crippen molar-refractivity contribution >= 4 is 12.0 Å². The molecule has 0 aliphatic carbocycles. The second-order valence-corrected chi connectivity index (χ2v) is 8.92. The molecule has 1 aromatic rings. The third-order valence-electron chi connectivity index (χ3n) is 5.85. The van der Waals surface area contributed by atoms with Gasteiger partial charge in [-0.15, -0.1) is 0 Å². The molecule has 0 aromatic heterocycles. The van der Waals surface area contributed by atoms with Crippen LogP contribution in [0.3, 0.4) is 0 Å². The Labute approximate surface area is 192 Å². The van der Waals surface area contributed by atoms with Gasteiger partial charge in [0, 0.05) is 39.1 Å². The Morgan fingerprint density at radius 1 is 1.25 bits per heavy atom. The Morgan fingerprint density at radius 3 is 2.59 bits per heavy atom. The van der Waals surface area contributed by atoms with E-state index in [9.17, 15) is 9.59 Å². The number of allylic oxidation sites excluding steroid dienone is 2. The fourth-order valence-electron chi connectivity index (χ4n) is 4.09. The number of unbranched alkanes of at least 4 members (excludes halogenated alkanes) is 2. The number of nitrogens with zero attached hydrogens (tertiary/aromatic N) is 1. The van der Waals surface area contributed by atoms with Crippen LogP contribution in [0, 0.1) is 11.8 Å². The number of carbonyl (C=O) groups is 2. The van der Waals surface area contributed by atoms with Gasteiger partial charge in [-0.25, -0.2) is 4.79 Å². The third kappa shape index (κ3) is 7.35. The van der Waals surface area contributed by atoms with Crippen molar-refractivity contribution in [1.29, 1.82) is 0 Å². The molecule has 2 amide bonds. The van der Waals surface area contributed by atoms with Crippen LogP contribution in [-0.2, 0) is 9.53 Å². The average Bonchev–Trinajstić information content (AvgIpc) is 3.15. The van der Waals surface area contributed by atoms with Gasteiger partial charge in [-0.3, -0.25) is 9.69 Å². The first-order valence-corrected chi connectivity index (χ1v) is 11.6. The minimum atomic E-state index is -0.968. The summed E-state index contributed by atoms with van der Waals surface area (Å²) < 4.78 is 11.3. The summed E-state index contributed by atoms with van der Waals surface area (Å²) in [5.74, 6) is 1.09. The number of nitrogens with two attached hydrogens (primary N) is 1. The van der Waals surface area contributed by atoms with Crippen molar-refractivity contribution in [2.75, 3.05) is 20.2 Å². The van der Waals surface area contributed by atoms with E-state index in [0.29, 0.717) is 37.6 Å². The van der Waals surface area contributed by atoms with Crippen LogP contribution in [-0.4, -0.2) is 48.9 Å². The topological polar surface area (TPSA) is 93.9 Å². The van der Waals surface area contributed by atoms with Gasteiger partial charge in [0.25, 0.3) is 0 Å². The van der Waals surface area contributed by atoms with Gasteiger partial charge in [-0.2, -0.15) is 0 Å². The highest BCUT2D eigenvalue weighted by Crippen LogP contribution is 2.36. The molecule has 0 radical (unpaired) electrons. The van der Waals surface area contributed by atoms with E-state index in [1.807, 2.05) is 13.0 Å². The fourth-order valence-corrected chi connectivity index (χ4v) is 4.09. The van der Waals surface area contributed by atoms with E-state index in [4.69, 9.17) is 15.2 Å². The Hall–Kier alpha value is -2.38. The SMILES string of the molecule is COC1(C(C)N)CC(CNC(=O)CCCCC=CC(C)C)CN1C(=O)Oc1ccccc1. The maximum Gasteiger partial charge on any atom is 0.417 e. The number of carbonyl (C=O) groups excluding carboxylic acids is 2. The molecule has 7 nitrogen and oxygen atoms in total. The molecule has 1 aliphatic heterocycles. The second kappa shape index (κ2) is 12.6. The zero-order valence-corrected chi connectivity index (χ0v) is 19.9. The molecule has 3 atom stereocenters. The van der Waals surface area contributed by atoms with Gasteiger partial charge < -0.3 is 20.5 Å². The van der Waals surface area contributed by atoms with Crippen molar-refractivity contribution in [1.82, 2.24) is 10.2 Å². The van der Waals surface area contributed by atoms with Gasteiger partial charge in [0.05, 0.1) is 0 Å². The van der Waals surface area contributed by atoms with Crippen molar-refractivity contribution in [2.24, 2.45) is 17.6 Å². The minimum absolute atomic E-state index is 0.0298. The Kier molecular flexibility index (Phi) is 10.2. The molecule has 7 heteroatoms. The smallest absolute Gasteiger partial charge is 0.410 e. The van der Waals surface area contributed by atoms with Crippen molar-refractivity contribution < 1.29 is 19.1 Å². The largest absolute Gasteiger partial charge is 0.417 e. The molecule has 32 heavy (non-hydrogen) atoms. The number of hydrogen-bond donors (Lipinski definition) is 2. The summed E-state index contributed by atoms with van der Waals surface area (Å²) in [4.78, 5) is 26.8. The normalized spacial score (nSPS) is 21.8. The summed E-state index contributed by atoms with van der Waals surface area (Å²) in [6, 6.07) is 8.50. The van der Waals surface area contributed by atoms with Gasteiger partial charge in [0.2, 0.25) is 5.91 Å². The first kappa shape index (κ1) is 25.9. The summed E-state index contributed by atoms with van der Waals surface area (Å²) in [7, 11) is 1.56. The molecule has 1 aromatic carbocycles. The Balaban J connectivity index is 1.87. The molecule has 1 aliphatic rings. The minimum Gasteiger partial charge on any atom is -0.410 e. The van der Waals surface area contributed by atoms with Gasteiger partial charge in [0.1, 0.15) is 5.75 Å². The molecule has 1 fully saturated rings. The quantitative estimate of drug-likeness (QED) is 0.395. The van der Waals surface area contributed by atoms with E-state index >= 15 is 0 Å². The van der Waals surface area contributed by atoms with Crippen LogP contribution in [0.25, 0.3) is 0 Å². The lowest BCUT2D eigenvalue weighted by molar-refractivity contribution is -0.121. The molecule has 0 bridgehead atoms. The Bertz CT molecular complexity index is 751. The zero-order chi connectivity index (χ0) is 23.6. The number of amides is 2. The highest BCUT2D eigenvalue weighted by Gasteiger charge is 2.51. The summed E-state index contributed by atoms with van der Waals surface area (Å²) in [5, 5.41) is 3.01. The average molecular weight is 446 g/mol. The van der Waals surface area contributed by atoms with Crippen LogP contribution in [0.2, 0.25) is 0 Å². The summed E-state index contributed by atoms with van der Waals surface area (Å²) in [6.45, 7) is 7.00. The highest BCUT2D eigenvalue weighted by atomic mass is 16.6. The van der Waals surface area contributed by atoms with Gasteiger partial charge in [0.15, 0.2) is 5.72 Å². The van der Waals surface area contributed by atoms with Crippen molar-refractivity contribution in [3.63, 3.8) is 0 Å². The summed E-state index contributed by atoms with van der Waals surface area (Å²) in [5.41, 5.74) is 5.27. The predicted octanol–water partition coefficient (Wildman–Crippen LogP) is 4.09. The van der Waals surface area contributed by atoms with Gasteiger partial charge in [-0.1, -0.05) is 44.2 Å². The second-order valence-electron chi connectivity index (χ2n) is 8.92.